The zero-order valence-corrected chi connectivity index (χ0v) is 19.5. The van der Waals surface area contributed by atoms with E-state index < -0.39 is 11.6 Å². The van der Waals surface area contributed by atoms with Crippen LogP contribution in [0.1, 0.15) is 35.8 Å². The molecule has 0 spiro atoms. The van der Waals surface area contributed by atoms with Crippen LogP contribution in [0.5, 0.6) is 0 Å². The number of carbonyl (C=O) groups excluding carboxylic acids is 1. The van der Waals surface area contributed by atoms with Crippen molar-refractivity contribution in [2.75, 3.05) is 18.1 Å². The van der Waals surface area contributed by atoms with Crippen molar-refractivity contribution >= 4 is 41.2 Å². The highest BCUT2D eigenvalue weighted by atomic mass is 32.1. The molecule has 1 amide bonds. The Kier molecular flexibility index (Phi) is 9.67. The Morgan fingerprint density at radius 2 is 2.09 bits per heavy atom. The van der Waals surface area contributed by atoms with Gasteiger partial charge in [0.25, 0.3) is 0 Å². The lowest BCUT2D eigenvalue weighted by atomic mass is 10.0. The first-order valence-corrected chi connectivity index (χ1v) is 10.9. The number of thiazole rings is 1. The summed E-state index contributed by atoms with van der Waals surface area (Å²) in [7, 11) is 1.70. The van der Waals surface area contributed by atoms with Gasteiger partial charge < -0.3 is 16.8 Å². The van der Waals surface area contributed by atoms with E-state index in [2.05, 4.69) is 25.8 Å². The molecule has 11 heteroatoms. The Hall–Kier alpha value is -3.60. The molecule has 0 aliphatic heterocycles. The van der Waals surface area contributed by atoms with Gasteiger partial charge in [-0.1, -0.05) is 18.6 Å². The van der Waals surface area contributed by atoms with Crippen molar-refractivity contribution in [1.29, 1.82) is 0 Å². The molecule has 0 fully saturated rings. The molecule has 0 atom stereocenters. The number of anilines is 2. The average molecular weight is 476 g/mol. The second-order valence-electron chi connectivity index (χ2n) is 6.87. The Labute approximate surface area is 195 Å². The maximum absolute atomic E-state index is 14.4. The Balaban J connectivity index is 2.49. The van der Waals surface area contributed by atoms with Gasteiger partial charge in [0.15, 0.2) is 0 Å². The van der Waals surface area contributed by atoms with Crippen molar-refractivity contribution in [3.05, 3.63) is 62.8 Å². The van der Waals surface area contributed by atoms with Gasteiger partial charge >= 0.3 is 0 Å². The van der Waals surface area contributed by atoms with Crippen molar-refractivity contribution in [2.45, 2.75) is 33.1 Å². The molecule has 2 rings (SSSR count). The normalized spacial score (nSPS) is 13.2. The van der Waals surface area contributed by atoms with Crippen molar-refractivity contribution in [2.24, 2.45) is 10.8 Å². The maximum atomic E-state index is 14.4. The van der Waals surface area contributed by atoms with E-state index in [4.69, 9.17) is 11.5 Å². The number of aromatic nitrogens is 2. The minimum absolute atomic E-state index is 0.125. The summed E-state index contributed by atoms with van der Waals surface area (Å²) in [6, 6.07) is 2.63. The SMILES string of the molecule is CC/C(C)=C(Cc1nc(NC)c(C(/C=N\NC=O)=C/Cc2nc(N)ccc2F)s1)\C(F)=C/N. The number of hydrogen-bond donors (Lipinski definition) is 4. The predicted molar refractivity (Wildman–Crippen MR) is 130 cm³/mol. The molecular formula is C22H27F2N7OS. The molecule has 0 unspecified atom stereocenters. The van der Waals surface area contributed by atoms with Crippen LogP contribution >= 0.6 is 11.3 Å². The molecule has 0 aliphatic rings. The van der Waals surface area contributed by atoms with Gasteiger partial charge in [-0.05, 0) is 31.1 Å². The van der Waals surface area contributed by atoms with Crippen LogP contribution in [0.25, 0.3) is 5.57 Å². The molecule has 2 aromatic rings. The van der Waals surface area contributed by atoms with Gasteiger partial charge in [-0.2, -0.15) is 5.10 Å². The quantitative estimate of drug-likeness (QED) is 0.170. The first kappa shape index (κ1) is 25.7. The molecule has 0 aliphatic carbocycles. The monoisotopic (exact) mass is 475 g/mol. The minimum Gasteiger partial charge on any atom is -0.402 e. The summed E-state index contributed by atoms with van der Waals surface area (Å²) >= 11 is 1.32. The van der Waals surface area contributed by atoms with Crippen LogP contribution in [0, 0.1) is 5.82 Å². The number of nitrogen functional groups attached to an aromatic ring is 1. The summed E-state index contributed by atoms with van der Waals surface area (Å²) in [6.45, 7) is 3.79. The summed E-state index contributed by atoms with van der Waals surface area (Å²) < 4.78 is 28.5. The van der Waals surface area contributed by atoms with Gasteiger partial charge in [0.05, 0.1) is 16.8 Å². The van der Waals surface area contributed by atoms with Crippen molar-refractivity contribution in [1.82, 2.24) is 15.4 Å². The summed E-state index contributed by atoms with van der Waals surface area (Å²) in [6.07, 6.45) is 5.54. The van der Waals surface area contributed by atoms with Crippen molar-refractivity contribution in [3.63, 3.8) is 0 Å². The van der Waals surface area contributed by atoms with Crippen molar-refractivity contribution in [3.8, 4) is 0 Å². The molecule has 6 N–H and O–H groups in total. The second kappa shape index (κ2) is 12.4. The van der Waals surface area contributed by atoms with Gasteiger partial charge in [-0.25, -0.2) is 24.2 Å². The fourth-order valence-electron chi connectivity index (χ4n) is 2.90. The molecule has 8 nitrogen and oxygen atoms in total. The summed E-state index contributed by atoms with van der Waals surface area (Å²) in [5.74, 6) is -0.247. The zero-order valence-electron chi connectivity index (χ0n) is 18.7. The van der Waals surface area contributed by atoms with E-state index in [1.54, 1.807) is 13.1 Å². The highest BCUT2D eigenvalue weighted by Crippen LogP contribution is 2.33. The molecule has 0 saturated heterocycles. The number of carbonyl (C=O) groups is 1. The maximum Gasteiger partial charge on any atom is 0.227 e. The van der Waals surface area contributed by atoms with E-state index in [1.807, 2.05) is 13.8 Å². The molecule has 33 heavy (non-hydrogen) atoms. The summed E-state index contributed by atoms with van der Waals surface area (Å²) in [4.78, 5) is 19.9. The number of nitrogens with one attached hydrogen (secondary N) is 2. The van der Waals surface area contributed by atoms with Crippen LogP contribution < -0.4 is 22.2 Å². The van der Waals surface area contributed by atoms with E-state index in [1.165, 1.54) is 29.7 Å². The molecule has 0 aromatic carbocycles. The van der Waals surface area contributed by atoms with Crippen LogP contribution in [0.15, 0.2) is 46.5 Å². The molecular weight excluding hydrogens is 448 g/mol. The lowest BCUT2D eigenvalue weighted by Crippen LogP contribution is -2.02. The van der Waals surface area contributed by atoms with Crippen LogP contribution in [0.4, 0.5) is 20.4 Å². The van der Waals surface area contributed by atoms with E-state index in [-0.39, 0.29) is 24.4 Å². The lowest BCUT2D eigenvalue weighted by molar-refractivity contribution is -0.109. The van der Waals surface area contributed by atoms with Gasteiger partial charge in [0, 0.05) is 31.7 Å². The average Bonchev–Trinajstić information content (AvgIpc) is 3.23. The second-order valence-corrected chi connectivity index (χ2v) is 7.96. The number of amides is 1. The van der Waals surface area contributed by atoms with E-state index in [0.717, 1.165) is 11.8 Å². The number of hydrazone groups is 1. The molecule has 0 radical (unpaired) electrons. The third-order valence-electron chi connectivity index (χ3n) is 4.76. The fraction of sp³-hybridized carbons (Fsp3) is 0.273. The standard InChI is InChI=1S/C22H27F2N7OS/c1-4-13(2)15(17(24)10-25)9-20-31-22(27-3)21(33-20)14(11-28-29-12-32)5-7-18-16(23)6-8-19(26)30-18/h5-6,8,10-12,27H,4,7,9,25H2,1-3H3,(H2,26,30)(H,29,32)/b14-5+,15-13-,17-10+,28-11-. The largest absolute Gasteiger partial charge is 0.402 e. The predicted octanol–water partition coefficient (Wildman–Crippen LogP) is 3.70. The molecule has 0 bridgehead atoms. The van der Waals surface area contributed by atoms with Crippen LogP contribution in [0.3, 0.4) is 0 Å². The van der Waals surface area contributed by atoms with Gasteiger partial charge in [0.2, 0.25) is 6.41 Å². The van der Waals surface area contributed by atoms with Crippen molar-refractivity contribution < 1.29 is 13.6 Å². The van der Waals surface area contributed by atoms with Crippen LogP contribution in [-0.2, 0) is 17.6 Å². The first-order chi connectivity index (χ1) is 15.8. The van der Waals surface area contributed by atoms with E-state index in [9.17, 15) is 13.6 Å². The topological polar surface area (TPSA) is 131 Å². The highest BCUT2D eigenvalue weighted by Gasteiger charge is 2.17. The first-order valence-electron chi connectivity index (χ1n) is 10.1. The molecule has 2 aromatic heterocycles. The van der Waals surface area contributed by atoms with Gasteiger partial charge in [-0.3, -0.25) is 4.79 Å². The highest BCUT2D eigenvalue weighted by molar-refractivity contribution is 7.13. The summed E-state index contributed by atoms with van der Waals surface area (Å²) in [5, 5.41) is 7.51. The number of allylic oxidation sites excluding steroid dienone is 5. The Bertz CT molecular complexity index is 1110. The molecule has 176 valence electrons. The van der Waals surface area contributed by atoms with Crippen LogP contribution in [-0.4, -0.2) is 29.6 Å². The number of rotatable bonds is 11. The summed E-state index contributed by atoms with van der Waals surface area (Å²) in [5.41, 5.74) is 15.4. The van der Waals surface area contributed by atoms with E-state index >= 15 is 0 Å². The van der Waals surface area contributed by atoms with Gasteiger partial charge in [0.1, 0.15) is 28.3 Å². The number of hydrogen-bond acceptors (Lipinski definition) is 8. The van der Waals surface area contributed by atoms with E-state index in [0.29, 0.717) is 39.7 Å². The molecule has 0 saturated carbocycles. The zero-order chi connectivity index (χ0) is 24.4. The number of nitrogens with two attached hydrogens (primary N) is 2. The van der Waals surface area contributed by atoms with Gasteiger partial charge in [-0.15, -0.1) is 11.3 Å². The third kappa shape index (κ3) is 6.94. The minimum atomic E-state index is -0.493. The number of nitrogens with zero attached hydrogens (tertiary/aromatic N) is 3. The Morgan fingerprint density at radius 3 is 2.73 bits per heavy atom. The van der Waals surface area contributed by atoms with Crippen LogP contribution in [0.2, 0.25) is 0 Å². The number of pyridine rings is 1. The third-order valence-corrected chi connectivity index (χ3v) is 5.87. The Morgan fingerprint density at radius 1 is 1.33 bits per heavy atom. The smallest absolute Gasteiger partial charge is 0.227 e. The number of halogens is 2. The molecule has 2 heterocycles. The fourth-order valence-corrected chi connectivity index (χ4v) is 3.99. The lowest BCUT2D eigenvalue weighted by Gasteiger charge is -2.07.